The van der Waals surface area contributed by atoms with Crippen molar-refractivity contribution in [3.8, 4) is 0 Å². The van der Waals surface area contributed by atoms with Crippen LogP contribution in [0.3, 0.4) is 0 Å². The zero-order valence-corrected chi connectivity index (χ0v) is 12.6. The molecule has 0 heterocycles. The largest absolute Gasteiger partial charge is 0.567 e. The van der Waals surface area contributed by atoms with Gasteiger partial charge < -0.3 is 14.9 Å². The maximum Gasteiger partial charge on any atom is 0.236 e. The summed E-state index contributed by atoms with van der Waals surface area (Å²) in [7, 11) is 3.62. The topological polar surface area (TPSA) is 63.3 Å². The predicted octanol–water partition coefficient (Wildman–Crippen LogP) is 3.00. The molecule has 0 bridgehead atoms. The van der Waals surface area contributed by atoms with Crippen LogP contribution < -0.4 is 0 Å². The lowest BCUT2D eigenvalue weighted by atomic mass is 10.2. The summed E-state index contributed by atoms with van der Waals surface area (Å²) in [6.07, 6.45) is 0. The lowest BCUT2D eigenvalue weighted by Gasteiger charge is -2.12. The minimum absolute atomic E-state index is 0.186. The van der Waals surface area contributed by atoms with Crippen LogP contribution in [0.2, 0.25) is 0 Å². The van der Waals surface area contributed by atoms with E-state index in [1.54, 1.807) is 4.90 Å². The average molecular weight is 298 g/mol. The van der Waals surface area contributed by atoms with E-state index in [-0.39, 0.29) is 11.6 Å². The molecule has 6 heteroatoms. The second-order valence-electron chi connectivity index (χ2n) is 4.78. The van der Waals surface area contributed by atoms with E-state index in [1.807, 2.05) is 74.8 Å². The first-order chi connectivity index (χ1) is 10.7. The molecular formula is C16H18N4O2. The molecule has 0 saturated carbocycles. The standard InChI is InChI=1S/C16H18N4O2/c1-19(2)16(15-11-7-4-8-12-15)17-20(21)18-22-13-14-9-5-3-6-10-14/h3-12H,13H2,1-2H3/b17-16+,20-18-. The summed E-state index contributed by atoms with van der Waals surface area (Å²) in [5.74, 6) is 0.502. The van der Waals surface area contributed by atoms with Gasteiger partial charge in [0.15, 0.2) is 0 Å². The van der Waals surface area contributed by atoms with Gasteiger partial charge in [0.2, 0.25) is 11.1 Å². The first kappa shape index (κ1) is 15.5. The summed E-state index contributed by atoms with van der Waals surface area (Å²) in [6, 6.07) is 18.9. The van der Waals surface area contributed by atoms with E-state index in [0.717, 1.165) is 11.1 Å². The normalized spacial score (nSPS) is 12.1. The lowest BCUT2D eigenvalue weighted by Crippen LogP contribution is -2.24. The van der Waals surface area contributed by atoms with Crippen molar-refractivity contribution >= 4 is 5.84 Å². The molecule has 0 aromatic heterocycles. The van der Waals surface area contributed by atoms with Crippen LogP contribution in [0.5, 0.6) is 0 Å². The first-order valence-corrected chi connectivity index (χ1v) is 6.82. The molecule has 0 spiro atoms. The summed E-state index contributed by atoms with van der Waals surface area (Å²) < 4.78 is 0. The van der Waals surface area contributed by atoms with Crippen LogP contribution in [-0.2, 0) is 11.4 Å². The molecule has 114 valence electrons. The molecule has 22 heavy (non-hydrogen) atoms. The third-order valence-electron chi connectivity index (χ3n) is 2.84. The van der Waals surface area contributed by atoms with Crippen molar-refractivity contribution in [1.29, 1.82) is 0 Å². The minimum Gasteiger partial charge on any atom is -0.567 e. The maximum atomic E-state index is 11.7. The number of amidine groups is 1. The van der Waals surface area contributed by atoms with Crippen LogP contribution in [0.1, 0.15) is 11.1 Å². The molecule has 0 aliphatic carbocycles. The SMILES string of the molecule is CN(C)/C(=N/[N+]([O-])=N/OCc1ccccc1)c1ccccc1. The molecule has 2 aromatic carbocycles. The van der Waals surface area contributed by atoms with E-state index >= 15 is 0 Å². The monoisotopic (exact) mass is 298 g/mol. The zero-order valence-electron chi connectivity index (χ0n) is 12.6. The number of rotatable bonds is 5. The first-order valence-electron chi connectivity index (χ1n) is 6.82. The minimum atomic E-state index is 0.186. The van der Waals surface area contributed by atoms with Crippen molar-refractivity contribution < 1.29 is 9.81 Å². The Morgan fingerprint density at radius 3 is 2.23 bits per heavy atom. The van der Waals surface area contributed by atoms with Gasteiger partial charge in [-0.25, -0.2) is 0 Å². The van der Waals surface area contributed by atoms with Gasteiger partial charge >= 0.3 is 0 Å². The molecule has 0 amide bonds. The van der Waals surface area contributed by atoms with Gasteiger partial charge in [-0.3, -0.25) is 0 Å². The number of hydrazone groups is 1. The van der Waals surface area contributed by atoms with Gasteiger partial charge in [-0.15, -0.1) is 0 Å². The predicted molar refractivity (Wildman–Crippen MR) is 84.0 cm³/mol. The summed E-state index contributed by atoms with van der Waals surface area (Å²) in [4.78, 5) is 6.94. The molecule has 0 saturated heterocycles. The Kier molecular flexibility index (Phi) is 5.48. The van der Waals surface area contributed by atoms with E-state index in [1.165, 1.54) is 0 Å². The molecule has 0 atom stereocenters. The van der Waals surface area contributed by atoms with Gasteiger partial charge in [-0.2, -0.15) is 0 Å². The van der Waals surface area contributed by atoms with Crippen molar-refractivity contribution in [3.63, 3.8) is 0 Å². The second-order valence-corrected chi connectivity index (χ2v) is 4.78. The van der Waals surface area contributed by atoms with Gasteiger partial charge in [-0.1, -0.05) is 60.7 Å². The molecule has 0 fully saturated rings. The van der Waals surface area contributed by atoms with Crippen molar-refractivity contribution in [1.82, 2.24) is 4.90 Å². The fraction of sp³-hybridized carbons (Fsp3) is 0.188. The third-order valence-corrected chi connectivity index (χ3v) is 2.84. The smallest absolute Gasteiger partial charge is 0.236 e. The number of benzene rings is 2. The number of hydrogen-bond donors (Lipinski definition) is 0. The van der Waals surface area contributed by atoms with Gasteiger partial charge in [-0.05, 0) is 5.56 Å². The highest BCUT2D eigenvalue weighted by Gasteiger charge is 2.10. The second kappa shape index (κ2) is 7.78. The molecule has 0 aliphatic rings. The summed E-state index contributed by atoms with van der Waals surface area (Å²) in [6.45, 7) is 0.220. The zero-order chi connectivity index (χ0) is 15.8. The summed E-state index contributed by atoms with van der Waals surface area (Å²) >= 11 is 0. The van der Waals surface area contributed by atoms with Crippen LogP contribution in [-0.4, -0.2) is 29.8 Å². The van der Waals surface area contributed by atoms with Gasteiger partial charge in [0.1, 0.15) is 11.6 Å². The Bertz CT molecular complexity index is 640. The van der Waals surface area contributed by atoms with Gasteiger partial charge in [0.05, 0.1) is 5.10 Å². The highest BCUT2D eigenvalue weighted by atomic mass is 16.7. The fourth-order valence-electron chi connectivity index (χ4n) is 1.82. The Labute approximate surface area is 129 Å². The van der Waals surface area contributed by atoms with E-state index in [2.05, 4.69) is 10.4 Å². The Balaban J connectivity index is 2.06. The fourth-order valence-corrected chi connectivity index (χ4v) is 1.82. The van der Waals surface area contributed by atoms with E-state index in [9.17, 15) is 5.21 Å². The number of hydrogen-bond acceptors (Lipinski definition) is 3. The van der Waals surface area contributed by atoms with E-state index < -0.39 is 0 Å². The van der Waals surface area contributed by atoms with Crippen molar-refractivity contribution in [2.45, 2.75) is 6.61 Å². The Hall–Kier alpha value is -2.89. The van der Waals surface area contributed by atoms with Crippen LogP contribution in [0, 0.1) is 5.21 Å². The molecule has 0 unspecified atom stereocenters. The number of nitrogens with zero attached hydrogens (tertiary/aromatic N) is 4. The molecule has 2 rings (SSSR count). The molecule has 0 radical (unpaired) electrons. The lowest BCUT2D eigenvalue weighted by molar-refractivity contribution is -0.565. The summed E-state index contributed by atoms with van der Waals surface area (Å²) in [5.41, 5.74) is 1.76. The van der Waals surface area contributed by atoms with Crippen molar-refractivity contribution in [2.75, 3.05) is 14.1 Å². The van der Waals surface area contributed by atoms with Crippen molar-refractivity contribution in [3.05, 3.63) is 77.0 Å². The molecule has 6 nitrogen and oxygen atoms in total. The van der Waals surface area contributed by atoms with Crippen LogP contribution in [0.25, 0.3) is 0 Å². The van der Waals surface area contributed by atoms with Gasteiger partial charge in [0.25, 0.3) is 0 Å². The maximum absolute atomic E-state index is 11.7. The molecule has 0 aliphatic heterocycles. The van der Waals surface area contributed by atoms with E-state index in [4.69, 9.17) is 4.84 Å². The van der Waals surface area contributed by atoms with E-state index in [0.29, 0.717) is 5.84 Å². The molecule has 0 N–H and O–H groups in total. The Morgan fingerprint density at radius 2 is 1.64 bits per heavy atom. The average Bonchev–Trinajstić information content (AvgIpc) is 2.54. The molecule has 2 aromatic rings. The highest BCUT2D eigenvalue weighted by molar-refractivity contribution is 5.97. The molecular weight excluding hydrogens is 280 g/mol. The Morgan fingerprint density at radius 1 is 1.05 bits per heavy atom. The third kappa shape index (κ3) is 4.59. The quantitative estimate of drug-likeness (QED) is 0.280. The van der Waals surface area contributed by atoms with Crippen LogP contribution in [0.15, 0.2) is 71.0 Å². The van der Waals surface area contributed by atoms with Crippen molar-refractivity contribution in [2.24, 2.45) is 10.4 Å². The highest BCUT2D eigenvalue weighted by Crippen LogP contribution is 2.05. The van der Waals surface area contributed by atoms with Crippen LogP contribution >= 0.6 is 0 Å². The van der Waals surface area contributed by atoms with Gasteiger partial charge in [0, 0.05) is 19.7 Å². The summed E-state index contributed by atoms with van der Waals surface area (Å²) in [5, 5.41) is 19.1. The van der Waals surface area contributed by atoms with Crippen LogP contribution in [0.4, 0.5) is 0 Å².